The summed E-state index contributed by atoms with van der Waals surface area (Å²) in [5.41, 5.74) is 7.11. The van der Waals surface area contributed by atoms with Crippen LogP contribution in [0.4, 0.5) is 5.82 Å². The fourth-order valence-corrected chi connectivity index (χ4v) is 4.90. The molecule has 5 rings (SSSR count). The molecule has 0 saturated carbocycles. The van der Waals surface area contributed by atoms with E-state index in [0.29, 0.717) is 36.7 Å². The van der Waals surface area contributed by atoms with Crippen molar-refractivity contribution >= 4 is 17.6 Å². The highest BCUT2D eigenvalue weighted by Gasteiger charge is 2.35. The lowest BCUT2D eigenvalue weighted by molar-refractivity contribution is -0.127. The summed E-state index contributed by atoms with van der Waals surface area (Å²) in [6.45, 7) is 5.51. The van der Waals surface area contributed by atoms with E-state index in [4.69, 9.17) is 22.4 Å². The number of benzene rings is 2. The summed E-state index contributed by atoms with van der Waals surface area (Å²) >= 11 is 0. The summed E-state index contributed by atoms with van der Waals surface area (Å²) < 4.78 is 47.1. The molecule has 3 N–H and O–H groups in total. The minimum absolute atomic E-state index is 0.0378. The molecule has 0 aliphatic carbocycles. The van der Waals surface area contributed by atoms with Crippen LogP contribution < -0.4 is 15.8 Å². The van der Waals surface area contributed by atoms with Crippen LogP contribution in [0.1, 0.15) is 42.5 Å². The van der Waals surface area contributed by atoms with Gasteiger partial charge >= 0.3 is 0 Å². The monoisotopic (exact) mass is 476 g/mol. The molecule has 0 spiro atoms. The molecule has 180 valence electrons. The van der Waals surface area contributed by atoms with Gasteiger partial charge in [-0.05, 0) is 67.6 Å². The fraction of sp³-hybridized carbons (Fsp3) is 0.296. The van der Waals surface area contributed by atoms with Crippen LogP contribution in [0.3, 0.4) is 0 Å². The van der Waals surface area contributed by atoms with Crippen molar-refractivity contribution in [2.24, 2.45) is 11.7 Å². The predicted molar refractivity (Wildman–Crippen MR) is 134 cm³/mol. The quantitative estimate of drug-likeness (QED) is 0.519. The number of anilines is 1. The third-order valence-electron chi connectivity index (χ3n) is 6.60. The number of aromatic nitrogens is 2. The molecule has 2 amide bonds. The van der Waals surface area contributed by atoms with Crippen LogP contribution in [0.25, 0.3) is 11.3 Å². The molecule has 3 aromatic rings. The van der Waals surface area contributed by atoms with E-state index >= 15 is 0 Å². The molecule has 1 saturated heterocycles. The van der Waals surface area contributed by atoms with E-state index in [0.717, 1.165) is 19.3 Å². The summed E-state index contributed by atoms with van der Waals surface area (Å²) in [6, 6.07) is 4.21. The molecular formula is C27H29N5O3. The molecule has 2 aromatic carbocycles. The third kappa shape index (κ3) is 4.51. The minimum Gasteiger partial charge on any atom is -0.457 e. The zero-order valence-electron chi connectivity index (χ0n) is 24.1. The molecule has 35 heavy (non-hydrogen) atoms. The van der Waals surface area contributed by atoms with Crippen molar-refractivity contribution < 1.29 is 21.2 Å². The number of nitrogens with zero attached hydrogens (tertiary/aromatic N) is 3. The van der Waals surface area contributed by atoms with E-state index in [9.17, 15) is 9.59 Å². The maximum absolute atomic E-state index is 12.6. The molecule has 1 aromatic heterocycles. The number of carbonyl (C=O) groups excluding carboxylic acids is 2. The minimum atomic E-state index is -0.616. The molecule has 8 heteroatoms. The number of nitrogens with one attached hydrogen (secondary N) is 1. The molecule has 8 nitrogen and oxygen atoms in total. The van der Waals surface area contributed by atoms with Crippen molar-refractivity contribution in [3.8, 4) is 22.8 Å². The summed E-state index contributed by atoms with van der Waals surface area (Å²) in [5.74, 6) is 0.139. The van der Waals surface area contributed by atoms with Crippen LogP contribution >= 0.6 is 0 Å². The lowest BCUT2D eigenvalue weighted by Gasteiger charge is -2.38. The molecule has 1 fully saturated rings. The van der Waals surface area contributed by atoms with Gasteiger partial charge < -0.3 is 20.7 Å². The topological polar surface area (TPSA) is 102 Å². The van der Waals surface area contributed by atoms with Gasteiger partial charge in [0.05, 0.1) is 12.9 Å². The number of nitrogens with two attached hydrogens (primary N) is 1. The molecular weight excluding hydrogens is 442 g/mol. The van der Waals surface area contributed by atoms with Crippen molar-refractivity contribution in [2.75, 3.05) is 25.0 Å². The van der Waals surface area contributed by atoms with Gasteiger partial charge in [0.2, 0.25) is 5.91 Å². The van der Waals surface area contributed by atoms with E-state index in [2.05, 4.69) is 11.9 Å². The maximum atomic E-state index is 12.6. The van der Waals surface area contributed by atoms with Gasteiger partial charge in [0, 0.05) is 25.2 Å². The largest absolute Gasteiger partial charge is 0.457 e. The fourth-order valence-electron chi connectivity index (χ4n) is 4.90. The van der Waals surface area contributed by atoms with Crippen molar-refractivity contribution in [2.45, 2.75) is 25.3 Å². The van der Waals surface area contributed by atoms with E-state index in [-0.39, 0.29) is 34.9 Å². The number of likely N-dealkylation sites (tertiary alicyclic amines) is 1. The Morgan fingerprint density at radius 2 is 1.83 bits per heavy atom. The van der Waals surface area contributed by atoms with Crippen molar-refractivity contribution in [1.29, 1.82) is 0 Å². The predicted octanol–water partition coefficient (Wildman–Crippen LogP) is 4.22. The number of amides is 2. The van der Waals surface area contributed by atoms with Crippen LogP contribution in [0.15, 0.2) is 67.1 Å². The van der Waals surface area contributed by atoms with Crippen LogP contribution in [-0.2, 0) is 4.79 Å². The maximum Gasteiger partial charge on any atom is 0.254 e. The number of piperidine rings is 1. The van der Waals surface area contributed by atoms with Gasteiger partial charge in [-0.2, -0.15) is 5.10 Å². The average molecular weight is 477 g/mol. The highest BCUT2D eigenvalue weighted by atomic mass is 16.5. The summed E-state index contributed by atoms with van der Waals surface area (Å²) in [5, 5.41) is 8.11. The first-order valence-corrected chi connectivity index (χ1v) is 11.5. The van der Waals surface area contributed by atoms with Gasteiger partial charge in [0.15, 0.2) is 0 Å². The number of hydrogen-bond acceptors (Lipinski definition) is 5. The zero-order valence-corrected chi connectivity index (χ0v) is 19.1. The highest BCUT2D eigenvalue weighted by Crippen LogP contribution is 2.40. The molecule has 2 aliphatic heterocycles. The third-order valence-corrected chi connectivity index (χ3v) is 6.60. The Bertz CT molecular complexity index is 1470. The number of fused-ring (bicyclic) bond motifs is 1. The van der Waals surface area contributed by atoms with E-state index in [1.165, 1.54) is 6.08 Å². The first-order valence-electron chi connectivity index (χ1n) is 14.0. The Kier molecular flexibility index (Phi) is 4.79. The van der Waals surface area contributed by atoms with Crippen molar-refractivity contribution in [3.63, 3.8) is 0 Å². The molecule has 3 heterocycles. The second-order valence-electron chi connectivity index (χ2n) is 8.61. The van der Waals surface area contributed by atoms with E-state index < -0.39 is 36.1 Å². The SMILES string of the molecule is [2H]c1c([2H])c([2H])c(Oc2ccc(-c3nn4c(c3C(N)=O)NCC[C@H]4C3CCN(C(=O)C=C)CC3)cc2)c([2H])c1[2H]. The van der Waals surface area contributed by atoms with E-state index in [1.807, 2.05) is 4.68 Å². The van der Waals surface area contributed by atoms with Crippen molar-refractivity contribution in [3.05, 3.63) is 72.7 Å². The number of hydrogen-bond donors (Lipinski definition) is 2. The number of ether oxygens (including phenoxy) is 1. The lowest BCUT2D eigenvalue weighted by Crippen LogP contribution is -2.41. The lowest BCUT2D eigenvalue weighted by atomic mass is 9.87. The van der Waals surface area contributed by atoms with Gasteiger partial charge in [-0.15, -0.1) is 0 Å². The second kappa shape index (κ2) is 9.66. The first kappa shape index (κ1) is 17.4. The van der Waals surface area contributed by atoms with Gasteiger partial charge in [0.25, 0.3) is 5.91 Å². The van der Waals surface area contributed by atoms with Crippen LogP contribution in [0.2, 0.25) is 0 Å². The van der Waals surface area contributed by atoms with Gasteiger partial charge in [-0.25, -0.2) is 4.68 Å². The Labute approximate surface area is 211 Å². The molecule has 0 radical (unpaired) electrons. The Balaban J connectivity index is 1.43. The van der Waals surface area contributed by atoms with Gasteiger partial charge in [-0.3, -0.25) is 9.59 Å². The highest BCUT2D eigenvalue weighted by molar-refractivity contribution is 6.03. The second-order valence-corrected chi connectivity index (χ2v) is 8.61. The van der Waals surface area contributed by atoms with E-state index in [1.54, 1.807) is 29.2 Å². The Morgan fingerprint density at radius 1 is 1.11 bits per heavy atom. The van der Waals surface area contributed by atoms with Crippen LogP contribution in [0.5, 0.6) is 11.5 Å². The van der Waals surface area contributed by atoms with Gasteiger partial charge in [-0.1, -0.05) is 24.7 Å². The average Bonchev–Trinajstić information content (AvgIpc) is 3.37. The summed E-state index contributed by atoms with van der Waals surface area (Å²) in [7, 11) is 0. The molecule has 0 unspecified atom stereocenters. The zero-order chi connectivity index (χ0) is 28.7. The van der Waals surface area contributed by atoms with Gasteiger partial charge in [0.1, 0.15) is 28.6 Å². The first-order chi connectivity index (χ1) is 19.1. The summed E-state index contributed by atoms with van der Waals surface area (Å²) in [6.07, 6.45) is 3.78. The smallest absolute Gasteiger partial charge is 0.254 e. The number of primary amides is 1. The molecule has 1 atom stereocenters. The van der Waals surface area contributed by atoms with Crippen molar-refractivity contribution in [1.82, 2.24) is 14.7 Å². The Hall–Kier alpha value is -4.07. The summed E-state index contributed by atoms with van der Waals surface area (Å²) in [4.78, 5) is 26.4. The normalized spacial score (nSPS) is 19.8. The number of para-hydroxylation sites is 1. The molecule has 0 bridgehead atoms. The molecule has 2 aliphatic rings. The number of carbonyl (C=O) groups is 2. The standard InChI is InChI=1S/C27H29N5O3/c1-2-23(33)31-16-13-18(14-17-31)22-12-15-29-27-24(26(28)34)25(30-32(22)27)19-8-10-21(11-9-19)35-20-6-4-3-5-7-20/h2-11,18,22,29H,1,12-17H2,(H2,28,34)/t22-/m0/s1/i3D,4D,5D,6D,7D. The number of rotatable bonds is 6. The van der Waals surface area contributed by atoms with Crippen LogP contribution in [-0.4, -0.2) is 46.1 Å². The van der Waals surface area contributed by atoms with Crippen LogP contribution in [0, 0.1) is 5.92 Å². The Morgan fingerprint density at radius 3 is 2.49 bits per heavy atom.